The fourth-order valence-corrected chi connectivity index (χ4v) is 2.38. The summed E-state index contributed by atoms with van der Waals surface area (Å²) in [5.74, 6) is 0.263. The lowest BCUT2D eigenvalue weighted by atomic mass is 10.3. The van der Waals surface area contributed by atoms with E-state index in [-0.39, 0.29) is 24.1 Å². The Kier molecular flexibility index (Phi) is 5.51. The molecule has 1 fully saturated rings. The highest BCUT2D eigenvalue weighted by Gasteiger charge is 2.20. The van der Waals surface area contributed by atoms with Crippen LogP contribution in [0.1, 0.15) is 13.3 Å². The van der Waals surface area contributed by atoms with Crippen LogP contribution in [0.3, 0.4) is 0 Å². The predicted molar refractivity (Wildman–Crippen MR) is 82.0 cm³/mol. The summed E-state index contributed by atoms with van der Waals surface area (Å²) in [4.78, 5) is 37.0. The van der Waals surface area contributed by atoms with E-state index in [4.69, 9.17) is 4.74 Å². The standard InChI is InChI=1S/C15H19N3O5/c1-12(19)16-7-2-8-17(10-9-16)15(20)11-23-14-5-3-13(4-6-14)18(21)22/h3-6H,2,7-11H2,1H3. The second-order valence-electron chi connectivity index (χ2n) is 5.28. The highest BCUT2D eigenvalue weighted by Crippen LogP contribution is 2.17. The second-order valence-corrected chi connectivity index (χ2v) is 5.28. The number of benzene rings is 1. The number of hydrogen-bond acceptors (Lipinski definition) is 5. The first-order valence-electron chi connectivity index (χ1n) is 7.38. The van der Waals surface area contributed by atoms with Crippen molar-refractivity contribution in [3.8, 4) is 5.75 Å². The summed E-state index contributed by atoms with van der Waals surface area (Å²) in [7, 11) is 0. The molecule has 23 heavy (non-hydrogen) atoms. The minimum absolute atomic E-state index is 0.0152. The Labute approximate surface area is 133 Å². The molecule has 1 saturated heterocycles. The maximum absolute atomic E-state index is 12.2. The van der Waals surface area contributed by atoms with Crippen molar-refractivity contribution in [1.29, 1.82) is 0 Å². The molecule has 0 spiro atoms. The number of nitro benzene ring substituents is 1. The number of non-ortho nitro benzene ring substituents is 1. The highest BCUT2D eigenvalue weighted by atomic mass is 16.6. The number of nitrogens with zero attached hydrogens (tertiary/aromatic N) is 3. The molecule has 8 heteroatoms. The summed E-state index contributed by atoms with van der Waals surface area (Å²) in [6, 6.07) is 5.59. The molecular weight excluding hydrogens is 302 g/mol. The second kappa shape index (κ2) is 7.57. The minimum Gasteiger partial charge on any atom is -0.484 e. The Morgan fingerprint density at radius 2 is 1.74 bits per heavy atom. The first kappa shape index (κ1) is 16.7. The van der Waals surface area contributed by atoms with Crippen LogP contribution in [0.5, 0.6) is 5.75 Å². The van der Waals surface area contributed by atoms with E-state index in [0.717, 1.165) is 6.42 Å². The molecule has 0 bridgehead atoms. The van der Waals surface area contributed by atoms with Crippen molar-refractivity contribution in [2.75, 3.05) is 32.8 Å². The topological polar surface area (TPSA) is 93.0 Å². The molecule has 1 aromatic carbocycles. The van der Waals surface area contributed by atoms with Crippen molar-refractivity contribution in [2.24, 2.45) is 0 Å². The van der Waals surface area contributed by atoms with Gasteiger partial charge in [-0.1, -0.05) is 0 Å². The van der Waals surface area contributed by atoms with Gasteiger partial charge in [0.15, 0.2) is 6.61 Å². The zero-order chi connectivity index (χ0) is 16.8. The summed E-state index contributed by atoms with van der Waals surface area (Å²) >= 11 is 0. The number of hydrogen-bond donors (Lipinski definition) is 0. The van der Waals surface area contributed by atoms with Gasteiger partial charge in [0, 0.05) is 45.2 Å². The van der Waals surface area contributed by atoms with Crippen molar-refractivity contribution in [3.05, 3.63) is 34.4 Å². The Morgan fingerprint density at radius 1 is 1.13 bits per heavy atom. The van der Waals surface area contributed by atoms with E-state index in [0.29, 0.717) is 31.9 Å². The van der Waals surface area contributed by atoms with Crippen LogP contribution >= 0.6 is 0 Å². The van der Waals surface area contributed by atoms with E-state index < -0.39 is 4.92 Å². The van der Waals surface area contributed by atoms with Crippen molar-refractivity contribution in [2.45, 2.75) is 13.3 Å². The molecule has 0 atom stereocenters. The lowest BCUT2D eigenvalue weighted by Crippen LogP contribution is -2.38. The minimum atomic E-state index is -0.493. The van der Waals surface area contributed by atoms with Crippen molar-refractivity contribution < 1.29 is 19.2 Å². The maximum atomic E-state index is 12.2. The average Bonchev–Trinajstić information content (AvgIpc) is 2.79. The van der Waals surface area contributed by atoms with Gasteiger partial charge in [-0.25, -0.2) is 0 Å². The summed E-state index contributed by atoms with van der Waals surface area (Å²) < 4.78 is 5.38. The maximum Gasteiger partial charge on any atom is 0.269 e. The molecule has 8 nitrogen and oxygen atoms in total. The molecular formula is C15H19N3O5. The summed E-state index contributed by atoms with van der Waals surface area (Å²) in [5.41, 5.74) is -0.0273. The van der Waals surface area contributed by atoms with Gasteiger partial charge in [0.1, 0.15) is 5.75 Å². The molecule has 1 aliphatic heterocycles. The first-order chi connectivity index (χ1) is 11.0. The van der Waals surface area contributed by atoms with Gasteiger partial charge in [-0.05, 0) is 18.6 Å². The molecule has 0 radical (unpaired) electrons. The van der Waals surface area contributed by atoms with Crippen molar-refractivity contribution in [3.63, 3.8) is 0 Å². The molecule has 0 unspecified atom stereocenters. The normalized spacial score (nSPS) is 15.0. The summed E-state index contributed by atoms with van der Waals surface area (Å²) in [5, 5.41) is 10.6. The molecule has 2 amide bonds. The molecule has 0 saturated carbocycles. The quantitative estimate of drug-likeness (QED) is 0.610. The number of ether oxygens (including phenoxy) is 1. The van der Waals surface area contributed by atoms with E-state index in [2.05, 4.69) is 0 Å². The lowest BCUT2D eigenvalue weighted by molar-refractivity contribution is -0.384. The van der Waals surface area contributed by atoms with Gasteiger partial charge < -0.3 is 14.5 Å². The largest absolute Gasteiger partial charge is 0.484 e. The Morgan fingerprint density at radius 3 is 2.35 bits per heavy atom. The molecule has 0 N–H and O–H groups in total. The van der Waals surface area contributed by atoms with E-state index in [1.54, 1.807) is 9.80 Å². The monoisotopic (exact) mass is 321 g/mol. The number of nitro groups is 1. The molecule has 1 aliphatic rings. The molecule has 2 rings (SSSR count). The number of carbonyl (C=O) groups is 2. The first-order valence-corrected chi connectivity index (χ1v) is 7.38. The van der Waals surface area contributed by atoms with Crippen LogP contribution in [0.4, 0.5) is 5.69 Å². The van der Waals surface area contributed by atoms with Crippen molar-refractivity contribution in [1.82, 2.24) is 9.80 Å². The van der Waals surface area contributed by atoms with E-state index in [9.17, 15) is 19.7 Å². The van der Waals surface area contributed by atoms with Gasteiger partial charge in [0.05, 0.1) is 4.92 Å². The van der Waals surface area contributed by atoms with Crippen molar-refractivity contribution >= 4 is 17.5 Å². The van der Waals surface area contributed by atoms with Gasteiger partial charge in [-0.2, -0.15) is 0 Å². The Bertz CT molecular complexity index is 587. The lowest BCUT2D eigenvalue weighted by Gasteiger charge is -2.21. The highest BCUT2D eigenvalue weighted by molar-refractivity contribution is 5.78. The van der Waals surface area contributed by atoms with Gasteiger partial charge in [-0.15, -0.1) is 0 Å². The summed E-state index contributed by atoms with van der Waals surface area (Å²) in [6.45, 7) is 3.66. The molecule has 0 aromatic heterocycles. The zero-order valence-corrected chi connectivity index (χ0v) is 12.9. The average molecular weight is 321 g/mol. The van der Waals surface area contributed by atoms with E-state index >= 15 is 0 Å². The van der Waals surface area contributed by atoms with Crippen LogP contribution in [0.2, 0.25) is 0 Å². The van der Waals surface area contributed by atoms with Gasteiger partial charge in [0.25, 0.3) is 11.6 Å². The van der Waals surface area contributed by atoms with Crippen LogP contribution < -0.4 is 4.74 Å². The summed E-state index contributed by atoms with van der Waals surface area (Å²) in [6.07, 6.45) is 0.739. The van der Waals surface area contributed by atoms with Gasteiger partial charge >= 0.3 is 0 Å². The van der Waals surface area contributed by atoms with Gasteiger partial charge in [0.2, 0.25) is 5.91 Å². The van der Waals surface area contributed by atoms with E-state index in [1.807, 2.05) is 0 Å². The number of rotatable bonds is 4. The fraction of sp³-hybridized carbons (Fsp3) is 0.467. The fourth-order valence-electron chi connectivity index (χ4n) is 2.38. The zero-order valence-electron chi connectivity index (χ0n) is 12.9. The Hall–Kier alpha value is -2.64. The molecule has 124 valence electrons. The van der Waals surface area contributed by atoms with Crippen LogP contribution in [0.15, 0.2) is 24.3 Å². The Balaban J connectivity index is 1.84. The number of carbonyl (C=O) groups excluding carboxylic acids is 2. The third-order valence-corrected chi connectivity index (χ3v) is 3.70. The smallest absolute Gasteiger partial charge is 0.269 e. The van der Waals surface area contributed by atoms with Crippen LogP contribution in [-0.4, -0.2) is 59.3 Å². The molecule has 0 aliphatic carbocycles. The third-order valence-electron chi connectivity index (χ3n) is 3.70. The van der Waals surface area contributed by atoms with Gasteiger partial charge in [-0.3, -0.25) is 19.7 Å². The third kappa shape index (κ3) is 4.67. The van der Waals surface area contributed by atoms with Crippen LogP contribution in [0, 0.1) is 10.1 Å². The SMILES string of the molecule is CC(=O)N1CCCN(C(=O)COc2ccc([N+](=O)[O-])cc2)CC1. The molecule has 1 aromatic rings. The number of amides is 2. The van der Waals surface area contributed by atoms with Crippen LogP contribution in [-0.2, 0) is 9.59 Å². The molecule has 1 heterocycles. The predicted octanol–water partition coefficient (Wildman–Crippen LogP) is 1.05. The van der Waals surface area contributed by atoms with Crippen LogP contribution in [0.25, 0.3) is 0 Å². The van der Waals surface area contributed by atoms with E-state index in [1.165, 1.54) is 31.2 Å².